The molecule has 0 atom stereocenters. The predicted octanol–water partition coefficient (Wildman–Crippen LogP) is 1.09. The van der Waals surface area contributed by atoms with Gasteiger partial charge >= 0.3 is 0 Å². The Labute approximate surface area is 101 Å². The highest BCUT2D eigenvalue weighted by atomic mass is 16.3. The molecule has 5 heteroatoms. The molecule has 90 valence electrons. The first-order valence-corrected chi connectivity index (χ1v) is 5.80. The predicted molar refractivity (Wildman–Crippen MR) is 63.4 cm³/mol. The number of aliphatic hydroxyl groups is 1. The molecule has 0 aliphatic heterocycles. The molecule has 1 aliphatic rings. The highest BCUT2D eigenvalue weighted by Crippen LogP contribution is 2.31. The lowest BCUT2D eigenvalue weighted by molar-refractivity contribution is 0.0557. The molecule has 1 aliphatic carbocycles. The Kier molecular flexibility index (Phi) is 3.25. The Morgan fingerprint density at radius 3 is 2.88 bits per heavy atom. The van der Waals surface area contributed by atoms with Crippen molar-refractivity contribution in [2.24, 2.45) is 0 Å². The Balaban J connectivity index is 2.14. The number of rotatable bonds is 3. The first-order valence-electron chi connectivity index (χ1n) is 5.80. The second-order valence-corrected chi connectivity index (χ2v) is 4.67. The molecule has 1 N–H and O–H groups in total. The summed E-state index contributed by atoms with van der Waals surface area (Å²) in [4.78, 5) is 1.82. The lowest BCUT2D eigenvalue weighted by atomic mass is 10.0. The Hall–Kier alpha value is -1.67. The normalized spacial score (nSPS) is 17.7. The van der Waals surface area contributed by atoms with Gasteiger partial charge in [0.25, 0.3) is 0 Å². The molecule has 0 spiro atoms. The van der Waals surface area contributed by atoms with Crippen LogP contribution in [0.25, 0.3) is 0 Å². The summed E-state index contributed by atoms with van der Waals surface area (Å²) in [5.41, 5.74) is -0.150. The first-order chi connectivity index (χ1) is 8.14. The monoisotopic (exact) mass is 232 g/mol. The van der Waals surface area contributed by atoms with Crippen molar-refractivity contribution in [3.05, 3.63) is 17.8 Å². The molecular weight excluding hydrogens is 216 g/mol. The van der Waals surface area contributed by atoms with Gasteiger partial charge < -0.3 is 10.0 Å². The second-order valence-electron chi connectivity index (χ2n) is 4.67. The number of hydrogen-bond donors (Lipinski definition) is 1. The molecule has 1 aromatic heterocycles. The molecule has 1 heterocycles. The number of nitriles is 1. The van der Waals surface area contributed by atoms with Crippen LogP contribution in [-0.2, 0) is 0 Å². The van der Waals surface area contributed by atoms with Crippen LogP contribution < -0.4 is 4.90 Å². The third-order valence-electron chi connectivity index (χ3n) is 3.25. The van der Waals surface area contributed by atoms with Crippen LogP contribution in [0.1, 0.15) is 31.2 Å². The lowest BCUT2D eigenvalue weighted by Crippen LogP contribution is -2.39. The number of likely N-dealkylation sites (N-methyl/N-ethyl adjacent to an activating group) is 1. The van der Waals surface area contributed by atoms with E-state index >= 15 is 0 Å². The van der Waals surface area contributed by atoms with Crippen LogP contribution in [0.2, 0.25) is 0 Å². The van der Waals surface area contributed by atoms with Crippen LogP contribution in [0.15, 0.2) is 12.3 Å². The van der Waals surface area contributed by atoms with Gasteiger partial charge in [0, 0.05) is 13.6 Å². The van der Waals surface area contributed by atoms with Gasteiger partial charge in [-0.1, -0.05) is 12.8 Å². The van der Waals surface area contributed by atoms with E-state index in [-0.39, 0.29) is 0 Å². The van der Waals surface area contributed by atoms with Gasteiger partial charge in [-0.05, 0) is 18.9 Å². The van der Waals surface area contributed by atoms with Gasteiger partial charge in [-0.2, -0.15) is 10.4 Å². The first kappa shape index (κ1) is 11.8. The Morgan fingerprint density at radius 2 is 2.24 bits per heavy atom. The third-order valence-corrected chi connectivity index (χ3v) is 3.25. The highest BCUT2D eigenvalue weighted by Gasteiger charge is 2.33. The van der Waals surface area contributed by atoms with E-state index in [9.17, 15) is 5.11 Å². The van der Waals surface area contributed by atoms with Gasteiger partial charge in [0.2, 0.25) is 0 Å². The van der Waals surface area contributed by atoms with Gasteiger partial charge in [-0.3, -0.25) is 0 Å². The fourth-order valence-corrected chi connectivity index (χ4v) is 2.40. The van der Waals surface area contributed by atoms with Crippen LogP contribution in [0, 0.1) is 11.3 Å². The van der Waals surface area contributed by atoms with Crippen LogP contribution in [0.4, 0.5) is 5.82 Å². The summed E-state index contributed by atoms with van der Waals surface area (Å²) >= 11 is 0. The SMILES string of the molecule is CN(CC1(O)CCCC1)c1nnccc1C#N. The number of aromatic nitrogens is 2. The van der Waals surface area contributed by atoms with Crippen molar-refractivity contribution in [2.45, 2.75) is 31.3 Å². The molecule has 1 aromatic rings. The van der Waals surface area contributed by atoms with Crippen LogP contribution in [0.3, 0.4) is 0 Å². The van der Waals surface area contributed by atoms with Crippen molar-refractivity contribution in [3.63, 3.8) is 0 Å². The smallest absolute Gasteiger partial charge is 0.169 e. The molecule has 1 saturated carbocycles. The van der Waals surface area contributed by atoms with Crippen molar-refractivity contribution in [2.75, 3.05) is 18.5 Å². The minimum absolute atomic E-state index is 0.490. The summed E-state index contributed by atoms with van der Waals surface area (Å²) in [5, 5.41) is 27.1. The van der Waals surface area contributed by atoms with E-state index in [2.05, 4.69) is 16.3 Å². The largest absolute Gasteiger partial charge is 0.388 e. The zero-order chi connectivity index (χ0) is 12.3. The zero-order valence-corrected chi connectivity index (χ0v) is 9.93. The molecule has 5 nitrogen and oxygen atoms in total. The molecular formula is C12H16N4O. The van der Waals surface area contributed by atoms with Crippen molar-refractivity contribution in [1.82, 2.24) is 10.2 Å². The van der Waals surface area contributed by atoms with Gasteiger partial charge in [0.05, 0.1) is 17.4 Å². The van der Waals surface area contributed by atoms with Crippen molar-refractivity contribution < 1.29 is 5.11 Å². The molecule has 2 rings (SSSR count). The molecule has 0 amide bonds. The second kappa shape index (κ2) is 4.68. The van der Waals surface area contributed by atoms with Crippen LogP contribution >= 0.6 is 0 Å². The van der Waals surface area contributed by atoms with Gasteiger partial charge in [0.15, 0.2) is 5.82 Å². The lowest BCUT2D eigenvalue weighted by Gasteiger charge is -2.29. The van der Waals surface area contributed by atoms with Crippen LogP contribution in [-0.4, -0.2) is 34.5 Å². The average Bonchev–Trinajstić information content (AvgIpc) is 2.75. The third kappa shape index (κ3) is 2.53. The Bertz CT molecular complexity index is 434. The maximum absolute atomic E-state index is 10.3. The molecule has 0 bridgehead atoms. The Morgan fingerprint density at radius 1 is 1.53 bits per heavy atom. The van der Waals surface area contributed by atoms with Crippen LogP contribution in [0.5, 0.6) is 0 Å². The van der Waals surface area contributed by atoms with Gasteiger partial charge in [-0.25, -0.2) is 0 Å². The van der Waals surface area contributed by atoms with E-state index in [0.29, 0.717) is 17.9 Å². The zero-order valence-electron chi connectivity index (χ0n) is 9.93. The minimum atomic E-state index is -0.640. The summed E-state index contributed by atoms with van der Waals surface area (Å²) in [7, 11) is 1.83. The van der Waals surface area contributed by atoms with E-state index in [1.807, 2.05) is 11.9 Å². The summed E-state index contributed by atoms with van der Waals surface area (Å²) in [6.07, 6.45) is 5.27. The quantitative estimate of drug-likeness (QED) is 0.844. The summed E-state index contributed by atoms with van der Waals surface area (Å²) in [5.74, 6) is 0.537. The molecule has 0 radical (unpaired) electrons. The molecule has 0 unspecified atom stereocenters. The molecule has 0 aromatic carbocycles. The standard InChI is InChI=1S/C12H16N4O/c1-16(9-12(17)5-2-3-6-12)11-10(8-13)4-7-14-15-11/h4,7,17H,2-3,5-6,9H2,1H3. The van der Waals surface area contributed by atoms with Crippen molar-refractivity contribution >= 4 is 5.82 Å². The maximum Gasteiger partial charge on any atom is 0.169 e. The summed E-state index contributed by atoms with van der Waals surface area (Å²) < 4.78 is 0. The van der Waals surface area contributed by atoms with E-state index in [1.165, 1.54) is 6.20 Å². The molecule has 1 fully saturated rings. The van der Waals surface area contributed by atoms with E-state index in [4.69, 9.17) is 5.26 Å². The highest BCUT2D eigenvalue weighted by molar-refractivity contribution is 5.52. The van der Waals surface area contributed by atoms with Crippen molar-refractivity contribution in [1.29, 1.82) is 5.26 Å². The molecule has 17 heavy (non-hydrogen) atoms. The van der Waals surface area contributed by atoms with E-state index in [0.717, 1.165) is 25.7 Å². The van der Waals surface area contributed by atoms with Gasteiger partial charge in [0.1, 0.15) is 6.07 Å². The van der Waals surface area contributed by atoms with E-state index < -0.39 is 5.60 Å². The van der Waals surface area contributed by atoms with E-state index in [1.54, 1.807) is 6.07 Å². The number of hydrogen-bond acceptors (Lipinski definition) is 5. The average molecular weight is 232 g/mol. The summed E-state index contributed by atoms with van der Waals surface area (Å²) in [6.45, 7) is 0.500. The van der Waals surface area contributed by atoms with Gasteiger partial charge in [-0.15, -0.1) is 5.10 Å². The van der Waals surface area contributed by atoms with Crippen molar-refractivity contribution in [3.8, 4) is 6.07 Å². The fourth-order valence-electron chi connectivity index (χ4n) is 2.40. The minimum Gasteiger partial charge on any atom is -0.388 e. The summed E-state index contributed by atoms with van der Waals surface area (Å²) in [6, 6.07) is 3.72. The fraction of sp³-hybridized carbons (Fsp3) is 0.583. The maximum atomic E-state index is 10.3. The molecule has 0 saturated heterocycles. The number of anilines is 1. The number of nitrogens with zero attached hydrogens (tertiary/aromatic N) is 4. The topological polar surface area (TPSA) is 73.0 Å².